The van der Waals surface area contributed by atoms with Gasteiger partial charge in [-0.2, -0.15) is 0 Å². The van der Waals surface area contributed by atoms with E-state index in [1.807, 2.05) is 0 Å². The highest BCUT2D eigenvalue weighted by Gasteiger charge is 2.10. The molecule has 0 saturated heterocycles. The van der Waals surface area contributed by atoms with Crippen molar-refractivity contribution in [3.8, 4) is 0 Å². The van der Waals surface area contributed by atoms with Crippen LogP contribution in [0.25, 0.3) is 0 Å². The van der Waals surface area contributed by atoms with Crippen LogP contribution in [0.15, 0.2) is 30.3 Å². The Morgan fingerprint density at radius 1 is 1.19 bits per heavy atom. The topological polar surface area (TPSA) is 68.1 Å². The number of halogens is 3. The standard InChI is InChI=1S/C13H10ClF2N3O2/c14-12-6-11(19(20)21)7-13(18-12)17-2-1-8-3-9(15)5-10(16)4-8/h3-7H,1-2H2,(H,17,18). The number of anilines is 1. The Hall–Kier alpha value is -2.28. The number of nitro groups is 1. The summed E-state index contributed by atoms with van der Waals surface area (Å²) in [5.74, 6) is -1.07. The molecule has 0 aliphatic heterocycles. The number of aromatic nitrogens is 1. The third-order valence-electron chi connectivity index (χ3n) is 2.63. The van der Waals surface area contributed by atoms with Crippen molar-refractivity contribution in [1.82, 2.24) is 4.98 Å². The molecule has 5 nitrogen and oxygen atoms in total. The molecule has 0 aliphatic carbocycles. The molecule has 110 valence electrons. The number of benzene rings is 1. The largest absolute Gasteiger partial charge is 0.369 e. The van der Waals surface area contributed by atoms with Gasteiger partial charge in [0.15, 0.2) is 0 Å². The van der Waals surface area contributed by atoms with Crippen LogP contribution in [0.4, 0.5) is 20.3 Å². The Morgan fingerprint density at radius 3 is 2.48 bits per heavy atom. The molecule has 0 bridgehead atoms. The molecule has 0 atom stereocenters. The summed E-state index contributed by atoms with van der Waals surface area (Å²) < 4.78 is 26.0. The summed E-state index contributed by atoms with van der Waals surface area (Å²) in [6.45, 7) is 0.299. The van der Waals surface area contributed by atoms with E-state index < -0.39 is 16.6 Å². The zero-order valence-corrected chi connectivity index (χ0v) is 11.4. The van der Waals surface area contributed by atoms with Crippen molar-refractivity contribution < 1.29 is 13.7 Å². The maximum absolute atomic E-state index is 13.0. The molecule has 0 radical (unpaired) electrons. The van der Waals surface area contributed by atoms with Gasteiger partial charge < -0.3 is 5.32 Å². The van der Waals surface area contributed by atoms with Crippen molar-refractivity contribution in [2.24, 2.45) is 0 Å². The molecule has 21 heavy (non-hydrogen) atoms. The summed E-state index contributed by atoms with van der Waals surface area (Å²) in [6.07, 6.45) is 0.330. The zero-order valence-electron chi connectivity index (χ0n) is 10.6. The minimum Gasteiger partial charge on any atom is -0.369 e. The summed E-state index contributed by atoms with van der Waals surface area (Å²) in [7, 11) is 0. The molecule has 1 heterocycles. The first-order valence-electron chi connectivity index (χ1n) is 5.95. The molecule has 0 saturated carbocycles. The van der Waals surface area contributed by atoms with Crippen LogP contribution in [0.2, 0.25) is 5.15 Å². The number of rotatable bonds is 5. The van der Waals surface area contributed by atoms with Gasteiger partial charge in [0.2, 0.25) is 0 Å². The van der Waals surface area contributed by atoms with E-state index in [9.17, 15) is 18.9 Å². The van der Waals surface area contributed by atoms with Gasteiger partial charge in [0.25, 0.3) is 5.69 Å². The van der Waals surface area contributed by atoms with Crippen molar-refractivity contribution >= 4 is 23.1 Å². The highest BCUT2D eigenvalue weighted by Crippen LogP contribution is 2.20. The first-order chi connectivity index (χ1) is 9.94. The van der Waals surface area contributed by atoms with Gasteiger partial charge in [-0.1, -0.05) is 11.6 Å². The number of nitrogens with one attached hydrogen (secondary N) is 1. The predicted octanol–water partition coefficient (Wildman–Crippen LogP) is 3.58. The van der Waals surface area contributed by atoms with Crippen molar-refractivity contribution in [2.45, 2.75) is 6.42 Å². The Balaban J connectivity index is 2.01. The molecular weight excluding hydrogens is 304 g/mol. The summed E-state index contributed by atoms with van der Waals surface area (Å²) in [5.41, 5.74) is 0.283. The lowest BCUT2D eigenvalue weighted by molar-refractivity contribution is -0.384. The lowest BCUT2D eigenvalue weighted by atomic mass is 10.1. The predicted molar refractivity (Wildman–Crippen MR) is 74.5 cm³/mol. The molecule has 0 aliphatic rings. The van der Waals surface area contributed by atoms with E-state index in [4.69, 9.17) is 11.6 Å². The number of hydrogen-bond donors (Lipinski definition) is 1. The van der Waals surface area contributed by atoms with Gasteiger partial charge >= 0.3 is 0 Å². The Morgan fingerprint density at radius 2 is 1.86 bits per heavy atom. The second-order valence-corrected chi connectivity index (χ2v) is 4.63. The van der Waals surface area contributed by atoms with Crippen LogP contribution in [0, 0.1) is 21.7 Å². The van der Waals surface area contributed by atoms with Gasteiger partial charge in [0.05, 0.1) is 17.1 Å². The number of nitrogens with zero attached hydrogens (tertiary/aromatic N) is 2. The second-order valence-electron chi connectivity index (χ2n) is 4.24. The van der Waals surface area contributed by atoms with Crippen molar-refractivity contribution in [3.05, 3.63) is 62.8 Å². The summed E-state index contributed by atoms with van der Waals surface area (Å²) in [4.78, 5) is 14.0. The van der Waals surface area contributed by atoms with E-state index >= 15 is 0 Å². The molecule has 1 aromatic heterocycles. The van der Waals surface area contributed by atoms with Gasteiger partial charge in [-0.3, -0.25) is 10.1 Å². The molecule has 0 fully saturated rings. The fraction of sp³-hybridized carbons (Fsp3) is 0.154. The minimum absolute atomic E-state index is 0.0106. The average Bonchev–Trinajstić information content (AvgIpc) is 2.36. The van der Waals surface area contributed by atoms with Crippen LogP contribution in [-0.2, 0) is 6.42 Å². The Bertz CT molecular complexity index is 662. The maximum atomic E-state index is 13.0. The lowest BCUT2D eigenvalue weighted by Crippen LogP contribution is -2.07. The van der Waals surface area contributed by atoms with Gasteiger partial charge in [-0.05, 0) is 24.1 Å². The second kappa shape index (κ2) is 6.45. The smallest absolute Gasteiger partial charge is 0.276 e. The summed E-state index contributed by atoms with van der Waals surface area (Å²) in [5, 5.41) is 13.5. The molecule has 1 N–H and O–H groups in total. The van der Waals surface area contributed by atoms with Crippen LogP contribution in [0.1, 0.15) is 5.56 Å². The molecule has 0 amide bonds. The lowest BCUT2D eigenvalue weighted by Gasteiger charge is -2.06. The van der Waals surface area contributed by atoms with Crippen LogP contribution in [-0.4, -0.2) is 16.5 Å². The normalized spacial score (nSPS) is 10.4. The average molecular weight is 314 g/mol. The van der Waals surface area contributed by atoms with E-state index in [2.05, 4.69) is 10.3 Å². The van der Waals surface area contributed by atoms with Crippen molar-refractivity contribution in [3.63, 3.8) is 0 Å². The molecule has 2 rings (SSSR count). The van der Waals surface area contributed by atoms with E-state index in [0.29, 0.717) is 18.5 Å². The molecule has 0 spiro atoms. The fourth-order valence-corrected chi connectivity index (χ4v) is 1.97. The third kappa shape index (κ3) is 4.35. The summed E-state index contributed by atoms with van der Waals surface area (Å²) >= 11 is 5.68. The van der Waals surface area contributed by atoms with Crippen LogP contribution < -0.4 is 5.32 Å². The fourth-order valence-electron chi connectivity index (χ4n) is 1.77. The molecule has 1 aromatic carbocycles. The third-order valence-corrected chi connectivity index (χ3v) is 2.83. The first kappa shape index (κ1) is 15.1. The molecule has 8 heteroatoms. The van der Waals surface area contributed by atoms with Gasteiger partial charge in [0.1, 0.15) is 22.6 Å². The van der Waals surface area contributed by atoms with Gasteiger partial charge in [-0.15, -0.1) is 0 Å². The van der Waals surface area contributed by atoms with E-state index in [1.165, 1.54) is 18.2 Å². The number of hydrogen-bond acceptors (Lipinski definition) is 4. The van der Waals surface area contributed by atoms with E-state index in [-0.39, 0.29) is 16.7 Å². The molecular formula is C13H10ClF2N3O2. The molecule has 2 aromatic rings. The van der Waals surface area contributed by atoms with Gasteiger partial charge in [-0.25, -0.2) is 13.8 Å². The van der Waals surface area contributed by atoms with Crippen LogP contribution in [0.3, 0.4) is 0 Å². The molecule has 0 unspecified atom stereocenters. The minimum atomic E-state index is -0.651. The highest BCUT2D eigenvalue weighted by atomic mass is 35.5. The quantitative estimate of drug-likeness (QED) is 0.520. The summed E-state index contributed by atoms with van der Waals surface area (Å²) in [6, 6.07) is 5.60. The Labute approximate surface area is 123 Å². The van der Waals surface area contributed by atoms with Gasteiger partial charge in [0, 0.05) is 12.6 Å². The Kier molecular flexibility index (Phi) is 4.64. The SMILES string of the molecule is O=[N+]([O-])c1cc(Cl)nc(NCCc2cc(F)cc(F)c2)c1. The van der Waals surface area contributed by atoms with E-state index in [1.54, 1.807) is 0 Å². The van der Waals surface area contributed by atoms with Crippen molar-refractivity contribution in [1.29, 1.82) is 0 Å². The van der Waals surface area contributed by atoms with E-state index in [0.717, 1.165) is 12.1 Å². The first-order valence-corrected chi connectivity index (χ1v) is 6.32. The number of pyridine rings is 1. The van der Waals surface area contributed by atoms with Crippen LogP contribution in [0.5, 0.6) is 0 Å². The van der Waals surface area contributed by atoms with Crippen LogP contribution >= 0.6 is 11.6 Å². The highest BCUT2D eigenvalue weighted by molar-refractivity contribution is 6.29. The monoisotopic (exact) mass is 313 g/mol. The maximum Gasteiger partial charge on any atom is 0.276 e. The van der Waals surface area contributed by atoms with Crippen molar-refractivity contribution in [2.75, 3.05) is 11.9 Å². The zero-order chi connectivity index (χ0) is 15.4.